The second-order valence-corrected chi connectivity index (χ2v) is 5.82. The van der Waals surface area contributed by atoms with Gasteiger partial charge in [-0.25, -0.2) is 9.59 Å². The van der Waals surface area contributed by atoms with Crippen LogP contribution < -0.4 is 5.32 Å². The summed E-state index contributed by atoms with van der Waals surface area (Å²) in [4.78, 5) is 24.8. The molecule has 0 unspecified atom stereocenters. The minimum atomic E-state index is -0.914. The standard InChI is InChI=1S/C16H22N2O3/c1-11(2)17-16(21)18-9-3-4-14(10-18)12-5-7-13(8-6-12)15(19)20/h5-8,11,14H,3-4,9-10H2,1-2H3,(H,17,21)(H,19,20)/t14-/m1/s1. The van der Waals surface area contributed by atoms with E-state index in [1.165, 1.54) is 0 Å². The van der Waals surface area contributed by atoms with Crippen molar-refractivity contribution in [1.29, 1.82) is 0 Å². The van der Waals surface area contributed by atoms with Crippen molar-refractivity contribution >= 4 is 12.0 Å². The number of carboxylic acid groups (broad SMARTS) is 1. The maximum absolute atomic E-state index is 12.1. The van der Waals surface area contributed by atoms with Gasteiger partial charge in [0, 0.05) is 25.0 Å². The maximum Gasteiger partial charge on any atom is 0.335 e. The van der Waals surface area contributed by atoms with Gasteiger partial charge in [-0.2, -0.15) is 0 Å². The number of rotatable bonds is 3. The molecular formula is C16H22N2O3. The minimum Gasteiger partial charge on any atom is -0.478 e. The van der Waals surface area contributed by atoms with Crippen LogP contribution in [0.3, 0.4) is 0 Å². The molecule has 2 rings (SSSR count). The van der Waals surface area contributed by atoms with Gasteiger partial charge >= 0.3 is 12.0 Å². The van der Waals surface area contributed by atoms with Crippen LogP contribution in [-0.4, -0.2) is 41.1 Å². The maximum atomic E-state index is 12.1. The van der Waals surface area contributed by atoms with Crippen LogP contribution in [0.2, 0.25) is 0 Å². The Morgan fingerprint density at radius 2 is 1.95 bits per heavy atom. The predicted octanol–water partition coefficient (Wildman–Crippen LogP) is 2.68. The van der Waals surface area contributed by atoms with Gasteiger partial charge in [0.15, 0.2) is 0 Å². The summed E-state index contributed by atoms with van der Waals surface area (Å²) in [6.07, 6.45) is 1.99. The number of carboxylic acids is 1. The summed E-state index contributed by atoms with van der Waals surface area (Å²) in [7, 11) is 0. The summed E-state index contributed by atoms with van der Waals surface area (Å²) in [5.41, 5.74) is 1.39. The number of amides is 2. The molecule has 1 aliphatic rings. The molecule has 1 fully saturated rings. The lowest BCUT2D eigenvalue weighted by molar-refractivity contribution is 0.0697. The van der Waals surface area contributed by atoms with Crippen LogP contribution in [0, 0.1) is 0 Å². The molecule has 21 heavy (non-hydrogen) atoms. The molecule has 5 heteroatoms. The van der Waals surface area contributed by atoms with Crippen molar-refractivity contribution in [2.24, 2.45) is 0 Å². The molecule has 2 amide bonds. The molecule has 0 bridgehead atoms. The van der Waals surface area contributed by atoms with E-state index in [0.29, 0.717) is 12.1 Å². The number of hydrogen-bond donors (Lipinski definition) is 2. The number of benzene rings is 1. The summed E-state index contributed by atoms with van der Waals surface area (Å²) in [6.45, 7) is 5.36. The van der Waals surface area contributed by atoms with Crippen molar-refractivity contribution in [1.82, 2.24) is 10.2 Å². The molecule has 0 aliphatic carbocycles. The van der Waals surface area contributed by atoms with Crippen LogP contribution in [0.5, 0.6) is 0 Å². The van der Waals surface area contributed by atoms with E-state index in [9.17, 15) is 9.59 Å². The highest BCUT2D eigenvalue weighted by molar-refractivity contribution is 5.87. The molecule has 1 atom stereocenters. The van der Waals surface area contributed by atoms with E-state index < -0.39 is 5.97 Å². The number of nitrogens with zero attached hydrogens (tertiary/aromatic N) is 1. The highest BCUT2D eigenvalue weighted by Gasteiger charge is 2.25. The quantitative estimate of drug-likeness (QED) is 0.899. The van der Waals surface area contributed by atoms with E-state index in [0.717, 1.165) is 24.9 Å². The fraction of sp³-hybridized carbons (Fsp3) is 0.500. The van der Waals surface area contributed by atoms with Gasteiger partial charge in [-0.05, 0) is 44.4 Å². The highest BCUT2D eigenvalue weighted by Crippen LogP contribution is 2.27. The molecule has 1 heterocycles. The van der Waals surface area contributed by atoms with Crippen LogP contribution in [0.25, 0.3) is 0 Å². The van der Waals surface area contributed by atoms with Gasteiger partial charge in [0.2, 0.25) is 0 Å². The molecule has 0 saturated carbocycles. The second kappa shape index (κ2) is 6.61. The van der Waals surface area contributed by atoms with Crippen LogP contribution in [-0.2, 0) is 0 Å². The Bertz CT molecular complexity index is 511. The first-order valence-corrected chi connectivity index (χ1v) is 7.36. The van der Waals surface area contributed by atoms with Crippen LogP contribution in [0.4, 0.5) is 4.79 Å². The zero-order valence-corrected chi connectivity index (χ0v) is 12.5. The van der Waals surface area contributed by atoms with E-state index in [4.69, 9.17) is 5.11 Å². The van der Waals surface area contributed by atoms with Crippen molar-refractivity contribution in [3.8, 4) is 0 Å². The number of nitrogens with one attached hydrogen (secondary N) is 1. The van der Waals surface area contributed by atoms with Crippen molar-refractivity contribution in [2.45, 2.75) is 38.6 Å². The number of carbonyl (C=O) groups is 2. The topological polar surface area (TPSA) is 69.6 Å². The van der Waals surface area contributed by atoms with E-state index in [2.05, 4.69) is 5.32 Å². The summed E-state index contributed by atoms with van der Waals surface area (Å²) in [5, 5.41) is 11.8. The van der Waals surface area contributed by atoms with E-state index in [1.54, 1.807) is 12.1 Å². The fourth-order valence-electron chi connectivity index (χ4n) is 2.67. The summed E-state index contributed by atoms with van der Waals surface area (Å²) in [6, 6.07) is 7.09. The highest BCUT2D eigenvalue weighted by atomic mass is 16.4. The van der Waals surface area contributed by atoms with Crippen LogP contribution in [0.1, 0.15) is 48.5 Å². The van der Waals surface area contributed by atoms with Gasteiger partial charge in [0.25, 0.3) is 0 Å². The van der Waals surface area contributed by atoms with Gasteiger partial charge < -0.3 is 15.3 Å². The Labute approximate surface area is 125 Å². The third kappa shape index (κ3) is 3.97. The minimum absolute atomic E-state index is 0.0168. The lowest BCUT2D eigenvalue weighted by Crippen LogP contribution is -2.46. The molecule has 2 N–H and O–H groups in total. The molecule has 0 radical (unpaired) electrons. The Balaban J connectivity index is 2.03. The largest absolute Gasteiger partial charge is 0.478 e. The fourth-order valence-corrected chi connectivity index (χ4v) is 2.67. The first-order valence-electron chi connectivity index (χ1n) is 7.36. The Hall–Kier alpha value is -2.04. The van der Waals surface area contributed by atoms with Gasteiger partial charge in [0.1, 0.15) is 0 Å². The van der Waals surface area contributed by atoms with E-state index in [1.807, 2.05) is 30.9 Å². The Morgan fingerprint density at radius 3 is 2.52 bits per heavy atom. The SMILES string of the molecule is CC(C)NC(=O)N1CCC[C@@H](c2ccc(C(=O)O)cc2)C1. The first kappa shape index (κ1) is 15.4. The Morgan fingerprint density at radius 1 is 1.29 bits per heavy atom. The number of likely N-dealkylation sites (tertiary alicyclic amines) is 1. The molecule has 1 saturated heterocycles. The number of carbonyl (C=O) groups excluding carboxylic acids is 1. The molecule has 1 aromatic rings. The third-order valence-corrected chi connectivity index (χ3v) is 3.75. The smallest absolute Gasteiger partial charge is 0.335 e. The zero-order chi connectivity index (χ0) is 15.4. The first-order chi connectivity index (χ1) is 9.97. The zero-order valence-electron chi connectivity index (χ0n) is 12.5. The van der Waals surface area contributed by atoms with E-state index in [-0.39, 0.29) is 18.0 Å². The van der Waals surface area contributed by atoms with Crippen molar-refractivity contribution in [3.05, 3.63) is 35.4 Å². The lowest BCUT2D eigenvalue weighted by atomic mass is 9.90. The monoisotopic (exact) mass is 290 g/mol. The van der Waals surface area contributed by atoms with Crippen LogP contribution >= 0.6 is 0 Å². The third-order valence-electron chi connectivity index (χ3n) is 3.75. The number of aromatic carboxylic acids is 1. The van der Waals surface area contributed by atoms with Gasteiger partial charge in [-0.15, -0.1) is 0 Å². The molecule has 0 spiro atoms. The molecule has 5 nitrogen and oxygen atoms in total. The molecule has 1 aliphatic heterocycles. The van der Waals surface area contributed by atoms with Gasteiger partial charge in [0.05, 0.1) is 5.56 Å². The predicted molar refractivity (Wildman–Crippen MR) is 80.6 cm³/mol. The number of piperidine rings is 1. The lowest BCUT2D eigenvalue weighted by Gasteiger charge is -2.33. The number of urea groups is 1. The van der Waals surface area contributed by atoms with Gasteiger partial charge in [-0.1, -0.05) is 12.1 Å². The Kier molecular flexibility index (Phi) is 4.83. The van der Waals surface area contributed by atoms with Crippen molar-refractivity contribution in [2.75, 3.05) is 13.1 Å². The average molecular weight is 290 g/mol. The van der Waals surface area contributed by atoms with E-state index >= 15 is 0 Å². The summed E-state index contributed by atoms with van der Waals surface area (Å²) < 4.78 is 0. The van der Waals surface area contributed by atoms with Gasteiger partial charge in [-0.3, -0.25) is 0 Å². The van der Waals surface area contributed by atoms with Crippen molar-refractivity contribution < 1.29 is 14.7 Å². The normalized spacial score (nSPS) is 18.6. The van der Waals surface area contributed by atoms with Crippen molar-refractivity contribution in [3.63, 3.8) is 0 Å². The average Bonchev–Trinajstić information content (AvgIpc) is 2.47. The summed E-state index contributed by atoms with van der Waals surface area (Å²) in [5.74, 6) is -0.636. The second-order valence-electron chi connectivity index (χ2n) is 5.82. The molecule has 0 aromatic heterocycles. The summed E-state index contributed by atoms with van der Waals surface area (Å²) >= 11 is 0. The molecular weight excluding hydrogens is 268 g/mol. The molecule has 1 aromatic carbocycles. The molecule has 114 valence electrons. The number of hydrogen-bond acceptors (Lipinski definition) is 2. The van der Waals surface area contributed by atoms with Crippen LogP contribution in [0.15, 0.2) is 24.3 Å².